The van der Waals surface area contributed by atoms with E-state index in [0.717, 1.165) is 0 Å². The Morgan fingerprint density at radius 2 is 1.65 bits per heavy atom. The molecule has 1 heterocycles. The van der Waals surface area contributed by atoms with Gasteiger partial charge in [-0.3, -0.25) is 4.79 Å². The van der Waals surface area contributed by atoms with Crippen LogP contribution in [0.2, 0.25) is 0 Å². The first kappa shape index (κ1) is 19.0. The van der Waals surface area contributed by atoms with Crippen molar-refractivity contribution in [2.24, 2.45) is 5.92 Å². The van der Waals surface area contributed by atoms with Gasteiger partial charge in [-0.05, 0) is 40.5 Å². The summed E-state index contributed by atoms with van der Waals surface area (Å²) in [4.78, 5) is 23.7. The molecule has 1 aromatic carbocycles. The van der Waals surface area contributed by atoms with Gasteiger partial charge in [0.05, 0.1) is 5.92 Å². The van der Waals surface area contributed by atoms with Crippen molar-refractivity contribution in [3.63, 3.8) is 0 Å². The van der Waals surface area contributed by atoms with Crippen LogP contribution in [0.25, 0.3) is 0 Å². The number of ether oxygens (including phenoxy) is 1. The van der Waals surface area contributed by atoms with Crippen molar-refractivity contribution in [1.82, 2.24) is 4.90 Å². The zero-order chi connectivity index (χ0) is 17.5. The molecule has 2 rings (SSSR count). The van der Waals surface area contributed by atoms with Crippen LogP contribution in [0.15, 0.2) is 30.3 Å². The fourth-order valence-corrected chi connectivity index (χ4v) is 2.23. The van der Waals surface area contributed by atoms with Crippen molar-refractivity contribution in [1.29, 1.82) is 0 Å². The molecule has 128 valence electrons. The number of amides is 1. The zero-order valence-electron chi connectivity index (χ0n) is 14.4. The lowest BCUT2D eigenvalue weighted by atomic mass is 9.97. The van der Waals surface area contributed by atoms with E-state index in [1.54, 1.807) is 0 Å². The van der Waals surface area contributed by atoms with E-state index < -0.39 is 11.7 Å². The standard InChI is InChI=1S/C11H19NO4.C7H8/c1-11(2,3)16-9(13)8-4-6-12(7-5-8)10(14)15;1-7-5-3-2-4-6-7/h8H,4-7H2,1-3H3,(H,14,15);2-6H,1H3. The van der Waals surface area contributed by atoms with E-state index in [2.05, 4.69) is 19.1 Å². The second-order valence-electron chi connectivity index (χ2n) is 6.73. The quantitative estimate of drug-likeness (QED) is 0.801. The first-order valence-corrected chi connectivity index (χ1v) is 7.91. The molecule has 0 aliphatic carbocycles. The van der Waals surface area contributed by atoms with Crippen LogP contribution >= 0.6 is 0 Å². The lowest BCUT2D eigenvalue weighted by Crippen LogP contribution is -2.41. The molecule has 5 heteroatoms. The minimum Gasteiger partial charge on any atom is -0.465 e. The van der Waals surface area contributed by atoms with E-state index in [1.807, 2.05) is 39.0 Å². The number of carbonyl (C=O) groups excluding carboxylic acids is 1. The number of piperidine rings is 1. The molecule has 0 atom stereocenters. The summed E-state index contributed by atoms with van der Waals surface area (Å²) in [6.45, 7) is 8.41. The molecule has 0 unspecified atom stereocenters. The molecule has 0 bridgehead atoms. The van der Waals surface area contributed by atoms with Crippen LogP contribution in [0.4, 0.5) is 4.79 Å². The Bertz CT molecular complexity index is 500. The highest BCUT2D eigenvalue weighted by Crippen LogP contribution is 2.21. The van der Waals surface area contributed by atoms with Gasteiger partial charge >= 0.3 is 12.1 Å². The molecule has 1 N–H and O–H groups in total. The first-order chi connectivity index (χ1) is 10.7. The third kappa shape index (κ3) is 7.68. The SMILES string of the molecule is CC(C)(C)OC(=O)C1CCN(C(=O)O)CC1.Cc1ccccc1. The Kier molecular flexibility index (Phi) is 7.07. The molecule has 1 fully saturated rings. The number of likely N-dealkylation sites (tertiary alicyclic amines) is 1. The van der Waals surface area contributed by atoms with E-state index in [0.29, 0.717) is 25.9 Å². The van der Waals surface area contributed by atoms with Gasteiger partial charge in [-0.2, -0.15) is 0 Å². The van der Waals surface area contributed by atoms with Gasteiger partial charge in [0, 0.05) is 13.1 Å². The van der Waals surface area contributed by atoms with Gasteiger partial charge in [-0.15, -0.1) is 0 Å². The van der Waals surface area contributed by atoms with Crippen molar-refractivity contribution in [3.05, 3.63) is 35.9 Å². The molecule has 0 saturated carbocycles. The van der Waals surface area contributed by atoms with Gasteiger partial charge in [0.15, 0.2) is 0 Å². The fourth-order valence-electron chi connectivity index (χ4n) is 2.23. The van der Waals surface area contributed by atoms with Crippen LogP contribution in [0.1, 0.15) is 39.2 Å². The number of rotatable bonds is 1. The van der Waals surface area contributed by atoms with Crippen molar-refractivity contribution in [2.75, 3.05) is 13.1 Å². The Hall–Kier alpha value is -2.04. The van der Waals surface area contributed by atoms with E-state index in [1.165, 1.54) is 10.5 Å². The molecule has 5 nitrogen and oxygen atoms in total. The Morgan fingerprint density at radius 1 is 1.13 bits per heavy atom. The number of nitrogens with zero attached hydrogens (tertiary/aromatic N) is 1. The number of esters is 1. The maximum atomic E-state index is 11.7. The predicted octanol–water partition coefficient (Wildman–Crippen LogP) is 3.71. The summed E-state index contributed by atoms with van der Waals surface area (Å²) in [5.41, 5.74) is 0.851. The molecule has 1 amide bonds. The Labute approximate surface area is 138 Å². The van der Waals surface area contributed by atoms with Crippen LogP contribution in [-0.2, 0) is 9.53 Å². The third-order valence-corrected chi connectivity index (χ3v) is 3.45. The molecular weight excluding hydrogens is 294 g/mol. The van der Waals surface area contributed by atoms with Gasteiger partial charge in [0.2, 0.25) is 0 Å². The second-order valence-corrected chi connectivity index (χ2v) is 6.73. The predicted molar refractivity (Wildman–Crippen MR) is 89.3 cm³/mol. The number of carbonyl (C=O) groups is 2. The average Bonchev–Trinajstić information content (AvgIpc) is 2.47. The summed E-state index contributed by atoms with van der Waals surface area (Å²) in [6.07, 6.45) is 0.199. The normalized spacial score (nSPS) is 15.4. The van der Waals surface area contributed by atoms with Crippen molar-refractivity contribution >= 4 is 12.1 Å². The second kappa shape index (κ2) is 8.56. The minimum absolute atomic E-state index is 0.158. The lowest BCUT2D eigenvalue weighted by molar-refractivity contribution is -0.161. The topological polar surface area (TPSA) is 66.8 Å². The summed E-state index contributed by atoms with van der Waals surface area (Å²) in [7, 11) is 0. The first-order valence-electron chi connectivity index (χ1n) is 7.91. The Balaban J connectivity index is 0.000000313. The highest BCUT2D eigenvalue weighted by Gasteiger charge is 2.30. The molecule has 1 aromatic rings. The fraction of sp³-hybridized carbons (Fsp3) is 0.556. The largest absolute Gasteiger partial charge is 0.465 e. The molecule has 1 saturated heterocycles. The molecular formula is C18H27NO4. The van der Waals surface area contributed by atoms with Crippen LogP contribution in [0.5, 0.6) is 0 Å². The van der Waals surface area contributed by atoms with Crippen LogP contribution in [0, 0.1) is 12.8 Å². The highest BCUT2D eigenvalue weighted by atomic mass is 16.6. The highest BCUT2D eigenvalue weighted by molar-refractivity contribution is 5.73. The third-order valence-electron chi connectivity index (χ3n) is 3.45. The van der Waals surface area contributed by atoms with E-state index in [9.17, 15) is 9.59 Å². The minimum atomic E-state index is -0.914. The monoisotopic (exact) mass is 321 g/mol. The van der Waals surface area contributed by atoms with Gasteiger partial charge in [-0.1, -0.05) is 35.9 Å². The number of hydrogen-bond acceptors (Lipinski definition) is 3. The van der Waals surface area contributed by atoms with Gasteiger partial charge in [0.25, 0.3) is 0 Å². The summed E-state index contributed by atoms with van der Waals surface area (Å²) in [5.74, 6) is -0.368. The zero-order valence-corrected chi connectivity index (χ0v) is 14.4. The number of carboxylic acid groups (broad SMARTS) is 1. The number of hydrogen-bond donors (Lipinski definition) is 1. The summed E-state index contributed by atoms with van der Waals surface area (Å²) >= 11 is 0. The summed E-state index contributed by atoms with van der Waals surface area (Å²) in [6, 6.07) is 10.3. The van der Waals surface area contributed by atoms with E-state index in [4.69, 9.17) is 9.84 Å². The summed E-state index contributed by atoms with van der Waals surface area (Å²) < 4.78 is 5.27. The molecule has 0 radical (unpaired) electrons. The molecule has 1 aliphatic heterocycles. The van der Waals surface area contributed by atoms with Crippen LogP contribution in [0.3, 0.4) is 0 Å². The number of benzene rings is 1. The average molecular weight is 321 g/mol. The van der Waals surface area contributed by atoms with Gasteiger partial charge in [0.1, 0.15) is 5.60 Å². The van der Waals surface area contributed by atoms with Crippen LogP contribution < -0.4 is 0 Å². The molecule has 1 aliphatic rings. The van der Waals surface area contributed by atoms with Crippen molar-refractivity contribution in [3.8, 4) is 0 Å². The van der Waals surface area contributed by atoms with Gasteiger partial charge < -0.3 is 14.7 Å². The maximum Gasteiger partial charge on any atom is 0.407 e. The van der Waals surface area contributed by atoms with E-state index in [-0.39, 0.29) is 11.9 Å². The van der Waals surface area contributed by atoms with E-state index >= 15 is 0 Å². The smallest absolute Gasteiger partial charge is 0.407 e. The van der Waals surface area contributed by atoms with Crippen molar-refractivity contribution in [2.45, 2.75) is 46.1 Å². The lowest BCUT2D eigenvalue weighted by Gasteiger charge is -2.30. The summed E-state index contributed by atoms with van der Waals surface area (Å²) in [5, 5.41) is 8.76. The van der Waals surface area contributed by atoms with Crippen LogP contribution in [-0.4, -0.2) is 40.8 Å². The van der Waals surface area contributed by atoms with Crippen molar-refractivity contribution < 1.29 is 19.4 Å². The molecule has 0 spiro atoms. The van der Waals surface area contributed by atoms with Gasteiger partial charge in [-0.25, -0.2) is 4.79 Å². The molecule has 23 heavy (non-hydrogen) atoms. The maximum absolute atomic E-state index is 11.7. The Morgan fingerprint density at radius 3 is 2.00 bits per heavy atom. The number of aryl methyl sites for hydroxylation is 1. The molecule has 0 aromatic heterocycles.